The van der Waals surface area contributed by atoms with Crippen molar-refractivity contribution in [1.82, 2.24) is 19.5 Å². The maximum Gasteiger partial charge on any atom is 0.303 e. The number of hydrogen-bond acceptors (Lipinski definition) is 10. The number of rotatable bonds is 6. The van der Waals surface area contributed by atoms with Gasteiger partial charge in [-0.3, -0.25) is 19.0 Å². The van der Waals surface area contributed by atoms with Crippen LogP contribution in [-0.2, 0) is 28.6 Å². The number of nitrogens with zero attached hydrogens (tertiary/aromatic N) is 4. The Morgan fingerprint density at radius 2 is 2.11 bits per heavy atom. The van der Waals surface area contributed by atoms with Gasteiger partial charge in [-0.25, -0.2) is 20.4 Å². The number of halogens is 1. The third kappa shape index (κ3) is 4.44. The molecule has 2 aromatic rings. The number of fused-ring (bicyclic) bond motifs is 1. The fourth-order valence-electron chi connectivity index (χ4n) is 2.63. The molecule has 0 saturated carbocycles. The van der Waals surface area contributed by atoms with E-state index >= 15 is 0 Å². The van der Waals surface area contributed by atoms with E-state index in [4.69, 9.17) is 19.0 Å². The first-order chi connectivity index (χ1) is 12.9. The number of esters is 2. The maximum absolute atomic E-state index is 11.4. The lowest BCUT2D eigenvalue weighted by atomic mass is 10.2. The second kappa shape index (κ2) is 8.31. The molecule has 0 aromatic carbocycles. The summed E-state index contributed by atoms with van der Waals surface area (Å²) in [6.07, 6.45) is 1.28. The van der Waals surface area contributed by atoms with Gasteiger partial charge in [-0.2, -0.15) is 0 Å². The molecule has 0 spiro atoms. The van der Waals surface area contributed by atoms with Crippen LogP contribution >= 0.6 is 22.6 Å². The lowest BCUT2D eigenvalue weighted by molar-refractivity contribution is -0.155. The highest BCUT2D eigenvalue weighted by Crippen LogP contribution is 2.33. The van der Waals surface area contributed by atoms with Crippen molar-refractivity contribution in [2.24, 2.45) is 0 Å². The number of hydrogen-bond donors (Lipinski definition) is 1. The zero-order valence-corrected chi connectivity index (χ0v) is 16.9. The Kier molecular flexibility index (Phi) is 6.06. The van der Waals surface area contributed by atoms with E-state index in [2.05, 4.69) is 20.4 Å². The third-order valence-electron chi connectivity index (χ3n) is 3.65. The van der Waals surface area contributed by atoms with Crippen LogP contribution in [-0.4, -0.2) is 57.4 Å². The van der Waals surface area contributed by atoms with Crippen molar-refractivity contribution < 1.29 is 28.6 Å². The van der Waals surface area contributed by atoms with Crippen LogP contribution in [0.3, 0.4) is 0 Å². The fourth-order valence-corrected chi connectivity index (χ4v) is 3.10. The molecule has 1 N–H and O–H groups in total. The molecule has 0 amide bonds. The second-order valence-corrected chi connectivity index (χ2v) is 6.57. The number of carbonyl (C=O) groups excluding carboxylic acids is 2. The zero-order valence-electron chi connectivity index (χ0n) is 14.7. The predicted octanol–water partition coefficient (Wildman–Crippen LogP) is 1.00. The summed E-state index contributed by atoms with van der Waals surface area (Å²) in [4.78, 5) is 40.3. The number of nitrogens with one attached hydrogen (secondary N) is 1. The van der Waals surface area contributed by atoms with E-state index in [-0.39, 0.29) is 6.61 Å². The van der Waals surface area contributed by atoms with Gasteiger partial charge in [-0.05, 0) is 0 Å². The van der Waals surface area contributed by atoms with Gasteiger partial charge in [0.05, 0.1) is 19.9 Å². The second-order valence-electron chi connectivity index (χ2n) is 5.61. The molecule has 0 bridgehead atoms. The Hall–Kier alpha value is -2.06. The van der Waals surface area contributed by atoms with Gasteiger partial charge in [0, 0.05) is 36.4 Å². The first-order valence-corrected chi connectivity index (χ1v) is 8.97. The summed E-state index contributed by atoms with van der Waals surface area (Å²) in [6, 6.07) is 0. The third-order valence-corrected chi connectivity index (χ3v) is 4.14. The zero-order chi connectivity index (χ0) is 19.6. The van der Waals surface area contributed by atoms with E-state index in [9.17, 15) is 9.59 Å². The van der Waals surface area contributed by atoms with Gasteiger partial charge in [0.1, 0.15) is 25.0 Å². The highest BCUT2D eigenvalue weighted by atomic mass is 127. The van der Waals surface area contributed by atoms with E-state index in [0.29, 0.717) is 20.8 Å². The standard InChI is InChI=1S/C15H17IN5O6/c1-7(22)25-5-10-9(26-8(2)23)4-11(27-10)21-6-17-12-13(20-24-3)18-15(16)19-14(12)21/h4,6,9-11H,5H2,1-3H3,(H,18,19,20)/t9-,10-,11-/m1/s1. The molecule has 0 aliphatic carbocycles. The molecule has 27 heavy (non-hydrogen) atoms. The Balaban J connectivity index is 1.89. The Morgan fingerprint density at radius 1 is 1.33 bits per heavy atom. The van der Waals surface area contributed by atoms with Crippen LogP contribution in [0.2, 0.25) is 0 Å². The predicted molar refractivity (Wildman–Crippen MR) is 99.1 cm³/mol. The summed E-state index contributed by atoms with van der Waals surface area (Å²) < 4.78 is 18.3. The van der Waals surface area contributed by atoms with E-state index in [1.54, 1.807) is 11.0 Å². The van der Waals surface area contributed by atoms with Crippen LogP contribution in [0, 0.1) is 10.3 Å². The lowest BCUT2D eigenvalue weighted by Crippen LogP contribution is -2.31. The Labute approximate surface area is 167 Å². The van der Waals surface area contributed by atoms with Gasteiger partial charge in [-0.1, -0.05) is 0 Å². The molecule has 1 aliphatic rings. The van der Waals surface area contributed by atoms with Crippen molar-refractivity contribution in [2.75, 3.05) is 19.2 Å². The smallest absolute Gasteiger partial charge is 0.303 e. The van der Waals surface area contributed by atoms with E-state index < -0.39 is 30.4 Å². The van der Waals surface area contributed by atoms with Crippen LogP contribution in [0.25, 0.3) is 11.2 Å². The molecule has 1 fully saturated rings. The Bertz CT molecular complexity index is 859. The molecular formula is C15H17IN5O6. The molecule has 1 aliphatic heterocycles. The summed E-state index contributed by atoms with van der Waals surface area (Å²) in [5, 5.41) is 0. The van der Waals surface area contributed by atoms with E-state index in [1.807, 2.05) is 22.6 Å². The molecular weight excluding hydrogens is 473 g/mol. The van der Waals surface area contributed by atoms with Gasteiger partial charge in [0.25, 0.3) is 0 Å². The van der Waals surface area contributed by atoms with Crippen molar-refractivity contribution in [3.63, 3.8) is 0 Å². The molecule has 1 radical (unpaired) electrons. The topological polar surface area (TPSA) is 127 Å². The summed E-state index contributed by atoms with van der Waals surface area (Å²) in [5.41, 5.74) is 3.65. The highest BCUT2D eigenvalue weighted by molar-refractivity contribution is 14.1. The molecule has 2 aromatic heterocycles. The summed E-state index contributed by atoms with van der Waals surface area (Å²) in [6.45, 7) is 2.55. The Morgan fingerprint density at radius 3 is 2.78 bits per heavy atom. The summed E-state index contributed by atoms with van der Waals surface area (Å²) in [5.74, 6) is -0.502. The van der Waals surface area contributed by atoms with Crippen molar-refractivity contribution in [1.29, 1.82) is 0 Å². The van der Waals surface area contributed by atoms with E-state index in [1.165, 1.54) is 27.3 Å². The fraction of sp³-hybridized carbons (Fsp3) is 0.467. The first-order valence-electron chi connectivity index (χ1n) is 7.89. The van der Waals surface area contributed by atoms with E-state index in [0.717, 1.165) is 0 Å². The molecule has 145 valence electrons. The van der Waals surface area contributed by atoms with Gasteiger partial charge in [0.15, 0.2) is 20.8 Å². The number of anilines is 1. The van der Waals surface area contributed by atoms with Crippen molar-refractivity contribution >= 4 is 51.5 Å². The molecule has 3 rings (SSSR count). The molecule has 3 heterocycles. The van der Waals surface area contributed by atoms with Gasteiger partial charge >= 0.3 is 11.9 Å². The van der Waals surface area contributed by atoms with Gasteiger partial charge in [0.2, 0.25) is 0 Å². The molecule has 1 saturated heterocycles. The van der Waals surface area contributed by atoms with Gasteiger partial charge < -0.3 is 14.2 Å². The quantitative estimate of drug-likeness (QED) is 0.271. The SMILES string of the molecule is CONc1nc(I)nc2c1ncn2[C@H]1[CH][C@@H](OC(C)=O)[C@@H](COC(C)=O)O1. The molecule has 3 atom stereocenters. The van der Waals surface area contributed by atoms with Crippen LogP contribution in [0.4, 0.5) is 5.82 Å². The van der Waals surface area contributed by atoms with Crippen LogP contribution in [0.15, 0.2) is 6.33 Å². The van der Waals surface area contributed by atoms with Crippen molar-refractivity contribution in [3.05, 3.63) is 16.6 Å². The number of ether oxygens (including phenoxy) is 3. The minimum Gasteiger partial charge on any atom is -0.463 e. The normalized spacial score (nSPS) is 22.0. The summed E-state index contributed by atoms with van der Waals surface area (Å²) in [7, 11) is 1.47. The van der Waals surface area contributed by atoms with Gasteiger partial charge in [-0.15, -0.1) is 0 Å². The number of carbonyl (C=O) groups is 2. The first kappa shape index (κ1) is 19.7. The maximum atomic E-state index is 11.4. The van der Waals surface area contributed by atoms with Crippen molar-refractivity contribution in [3.8, 4) is 0 Å². The molecule has 12 heteroatoms. The molecule has 0 unspecified atom stereocenters. The largest absolute Gasteiger partial charge is 0.463 e. The van der Waals surface area contributed by atoms with Crippen LogP contribution in [0.1, 0.15) is 20.1 Å². The van der Waals surface area contributed by atoms with Crippen LogP contribution < -0.4 is 5.48 Å². The van der Waals surface area contributed by atoms with Crippen LogP contribution in [0.5, 0.6) is 0 Å². The minimum absolute atomic E-state index is 0.0457. The van der Waals surface area contributed by atoms with Crippen molar-refractivity contribution in [2.45, 2.75) is 32.3 Å². The number of aromatic nitrogens is 4. The average Bonchev–Trinajstić information content (AvgIpc) is 3.16. The average molecular weight is 490 g/mol. The lowest BCUT2D eigenvalue weighted by Gasteiger charge is -2.17. The monoisotopic (exact) mass is 490 g/mol. The highest BCUT2D eigenvalue weighted by Gasteiger charge is 2.40. The molecule has 11 nitrogen and oxygen atoms in total. The summed E-state index contributed by atoms with van der Waals surface area (Å²) >= 11 is 1.98. The number of imidazole rings is 1. The minimum atomic E-state index is -0.679.